The monoisotopic (exact) mass is 416 g/mol. The predicted octanol–water partition coefficient (Wildman–Crippen LogP) is 5.33. The Hall–Kier alpha value is -3.24. The second-order valence-electron chi connectivity index (χ2n) is 5.88. The highest BCUT2D eigenvalue weighted by molar-refractivity contribution is 5.56. The molecule has 0 bridgehead atoms. The number of pyridine rings is 1. The van der Waals surface area contributed by atoms with Gasteiger partial charge in [0.2, 0.25) is 0 Å². The van der Waals surface area contributed by atoms with Crippen molar-refractivity contribution >= 4 is 5.82 Å². The molecule has 0 aliphatic rings. The Morgan fingerprint density at radius 2 is 1.66 bits per heavy atom. The van der Waals surface area contributed by atoms with E-state index in [1.165, 1.54) is 12.3 Å². The van der Waals surface area contributed by atoms with Crippen LogP contribution in [0, 0.1) is 5.82 Å². The quantitative estimate of drug-likeness (QED) is 0.585. The first-order chi connectivity index (χ1) is 13.5. The average Bonchev–Trinajstić information content (AvgIpc) is 2.66. The highest BCUT2D eigenvalue weighted by Gasteiger charge is 2.34. The van der Waals surface area contributed by atoms with Crippen molar-refractivity contribution in [3.05, 3.63) is 71.4 Å². The van der Waals surface area contributed by atoms with Gasteiger partial charge >= 0.3 is 12.4 Å². The molecule has 4 nitrogen and oxygen atoms in total. The van der Waals surface area contributed by atoms with E-state index in [0.29, 0.717) is 12.3 Å². The highest BCUT2D eigenvalue weighted by Crippen LogP contribution is 2.33. The summed E-state index contributed by atoms with van der Waals surface area (Å²) >= 11 is 0. The molecule has 0 spiro atoms. The van der Waals surface area contributed by atoms with E-state index in [4.69, 9.17) is 0 Å². The summed E-state index contributed by atoms with van der Waals surface area (Å²) in [5.41, 5.74) is -2.36. The van der Waals surface area contributed by atoms with Gasteiger partial charge in [0.15, 0.2) is 5.82 Å². The number of nitrogens with zero attached hydrogens (tertiary/aromatic N) is 3. The van der Waals surface area contributed by atoms with Gasteiger partial charge in [-0.05, 0) is 29.8 Å². The Kier molecular flexibility index (Phi) is 5.40. The maximum absolute atomic E-state index is 13.2. The molecule has 2 heterocycles. The van der Waals surface area contributed by atoms with E-state index in [0.717, 1.165) is 24.4 Å². The zero-order valence-electron chi connectivity index (χ0n) is 14.3. The maximum Gasteiger partial charge on any atom is 0.417 e. The van der Waals surface area contributed by atoms with Crippen molar-refractivity contribution < 1.29 is 30.7 Å². The third-order valence-electron chi connectivity index (χ3n) is 3.82. The lowest BCUT2D eigenvalue weighted by molar-refractivity contribution is -0.138. The summed E-state index contributed by atoms with van der Waals surface area (Å²) in [5.74, 6) is -1.05. The Morgan fingerprint density at radius 1 is 0.897 bits per heavy atom. The summed E-state index contributed by atoms with van der Waals surface area (Å²) in [4.78, 5) is 11.4. The molecule has 0 aliphatic heterocycles. The van der Waals surface area contributed by atoms with E-state index in [1.807, 2.05) is 0 Å². The first-order valence-electron chi connectivity index (χ1n) is 7.99. The van der Waals surface area contributed by atoms with Crippen LogP contribution in [0.4, 0.5) is 36.6 Å². The SMILES string of the molecule is Fc1ccc(CNc2ccnc(-c3cncc(C(F)(F)F)c3)n2)c(C(F)(F)F)c1. The summed E-state index contributed by atoms with van der Waals surface area (Å²) in [5, 5.41) is 2.63. The van der Waals surface area contributed by atoms with E-state index < -0.39 is 29.3 Å². The van der Waals surface area contributed by atoms with Crippen LogP contribution in [0.3, 0.4) is 0 Å². The van der Waals surface area contributed by atoms with Gasteiger partial charge in [-0.1, -0.05) is 6.07 Å². The van der Waals surface area contributed by atoms with Crippen molar-refractivity contribution in [2.75, 3.05) is 5.32 Å². The van der Waals surface area contributed by atoms with Gasteiger partial charge in [0.25, 0.3) is 0 Å². The number of aromatic nitrogens is 3. The fraction of sp³-hybridized carbons (Fsp3) is 0.167. The van der Waals surface area contributed by atoms with Crippen LogP contribution in [0.25, 0.3) is 11.4 Å². The van der Waals surface area contributed by atoms with Crippen LogP contribution < -0.4 is 5.32 Å². The van der Waals surface area contributed by atoms with Crippen LogP contribution in [0.2, 0.25) is 0 Å². The van der Waals surface area contributed by atoms with Crippen molar-refractivity contribution in [2.24, 2.45) is 0 Å². The number of rotatable bonds is 4. The molecule has 3 rings (SSSR count). The molecule has 0 aliphatic carbocycles. The zero-order chi connectivity index (χ0) is 21.2. The largest absolute Gasteiger partial charge is 0.417 e. The first kappa shape index (κ1) is 20.5. The molecule has 0 saturated heterocycles. The van der Waals surface area contributed by atoms with Crippen molar-refractivity contribution in [3.63, 3.8) is 0 Å². The van der Waals surface area contributed by atoms with Crippen molar-refractivity contribution in [1.82, 2.24) is 15.0 Å². The van der Waals surface area contributed by atoms with E-state index in [1.54, 1.807) is 0 Å². The summed E-state index contributed by atoms with van der Waals surface area (Å²) in [6, 6.07) is 4.42. The van der Waals surface area contributed by atoms with Crippen LogP contribution in [0.15, 0.2) is 48.9 Å². The van der Waals surface area contributed by atoms with Crippen molar-refractivity contribution in [3.8, 4) is 11.4 Å². The first-order valence-corrected chi connectivity index (χ1v) is 7.99. The number of hydrogen-bond acceptors (Lipinski definition) is 4. The van der Waals surface area contributed by atoms with Gasteiger partial charge in [-0.2, -0.15) is 26.3 Å². The second kappa shape index (κ2) is 7.64. The molecule has 11 heteroatoms. The molecule has 0 saturated carbocycles. The standard InChI is InChI=1S/C18H11F7N4/c19-13-2-1-10(14(6-13)18(23,24)25)8-28-15-3-4-27-16(29-15)11-5-12(9-26-7-11)17(20,21)22/h1-7,9H,8H2,(H,27,28,29). The fourth-order valence-electron chi connectivity index (χ4n) is 2.47. The highest BCUT2D eigenvalue weighted by atomic mass is 19.4. The van der Waals surface area contributed by atoms with Gasteiger partial charge in [0, 0.05) is 30.7 Å². The van der Waals surface area contributed by atoms with Crippen LogP contribution in [-0.4, -0.2) is 15.0 Å². The normalized spacial score (nSPS) is 12.1. The Morgan fingerprint density at radius 3 is 2.34 bits per heavy atom. The third-order valence-corrected chi connectivity index (χ3v) is 3.82. The zero-order valence-corrected chi connectivity index (χ0v) is 14.3. The van der Waals surface area contributed by atoms with Gasteiger partial charge < -0.3 is 5.32 Å². The number of halogens is 7. The van der Waals surface area contributed by atoms with E-state index in [9.17, 15) is 30.7 Å². The Bertz CT molecular complexity index is 1020. The topological polar surface area (TPSA) is 50.7 Å². The van der Waals surface area contributed by atoms with Crippen LogP contribution in [0.1, 0.15) is 16.7 Å². The molecule has 1 N–H and O–H groups in total. The lowest BCUT2D eigenvalue weighted by Gasteiger charge is -2.14. The van der Waals surface area contributed by atoms with Gasteiger partial charge in [-0.3, -0.25) is 4.98 Å². The molecule has 29 heavy (non-hydrogen) atoms. The molecule has 2 aromatic heterocycles. The molecule has 0 fully saturated rings. The molecule has 152 valence electrons. The van der Waals surface area contributed by atoms with E-state index in [-0.39, 0.29) is 29.3 Å². The van der Waals surface area contributed by atoms with Crippen LogP contribution >= 0.6 is 0 Å². The predicted molar refractivity (Wildman–Crippen MR) is 89.0 cm³/mol. The Labute approximate surface area is 159 Å². The minimum Gasteiger partial charge on any atom is -0.366 e. The van der Waals surface area contributed by atoms with Crippen molar-refractivity contribution in [2.45, 2.75) is 18.9 Å². The minimum atomic E-state index is -4.75. The summed E-state index contributed by atoms with van der Waals surface area (Å²) in [7, 11) is 0. The van der Waals surface area contributed by atoms with Gasteiger partial charge in [0.1, 0.15) is 11.6 Å². The van der Waals surface area contributed by atoms with E-state index in [2.05, 4.69) is 20.3 Å². The second-order valence-corrected chi connectivity index (χ2v) is 5.88. The number of hydrogen-bond donors (Lipinski definition) is 1. The Balaban J connectivity index is 1.84. The number of nitrogens with one attached hydrogen (secondary N) is 1. The molecular formula is C18H11F7N4. The minimum absolute atomic E-state index is 0.0127. The summed E-state index contributed by atoms with van der Waals surface area (Å²) < 4.78 is 90.8. The molecule has 3 aromatic rings. The smallest absolute Gasteiger partial charge is 0.366 e. The van der Waals surface area contributed by atoms with Gasteiger partial charge in [-0.25, -0.2) is 14.4 Å². The van der Waals surface area contributed by atoms with Crippen molar-refractivity contribution in [1.29, 1.82) is 0 Å². The third kappa shape index (κ3) is 4.98. The number of anilines is 1. The van der Waals surface area contributed by atoms with Crippen LogP contribution in [-0.2, 0) is 18.9 Å². The lowest BCUT2D eigenvalue weighted by atomic mass is 10.1. The summed E-state index contributed by atoms with van der Waals surface area (Å²) in [6.07, 6.45) is -6.33. The lowest BCUT2D eigenvalue weighted by Crippen LogP contribution is -2.13. The summed E-state index contributed by atoms with van der Waals surface area (Å²) in [6.45, 7) is -0.341. The molecule has 1 aromatic carbocycles. The van der Waals surface area contributed by atoms with Gasteiger partial charge in [-0.15, -0.1) is 0 Å². The number of benzene rings is 1. The van der Waals surface area contributed by atoms with Gasteiger partial charge in [0.05, 0.1) is 11.1 Å². The number of alkyl halides is 6. The van der Waals surface area contributed by atoms with E-state index >= 15 is 0 Å². The molecule has 0 radical (unpaired) electrons. The molecule has 0 amide bonds. The maximum atomic E-state index is 13.2. The fourth-order valence-corrected chi connectivity index (χ4v) is 2.47. The molecular weight excluding hydrogens is 405 g/mol. The molecule has 0 atom stereocenters. The average molecular weight is 416 g/mol. The van der Waals surface area contributed by atoms with Crippen LogP contribution in [0.5, 0.6) is 0 Å². The molecule has 0 unspecified atom stereocenters.